The maximum absolute atomic E-state index is 2.46. The summed E-state index contributed by atoms with van der Waals surface area (Å²) < 4.78 is 5.01. The zero-order chi connectivity index (χ0) is 48.7. The van der Waals surface area contributed by atoms with Crippen molar-refractivity contribution in [3.05, 3.63) is 301 Å². The summed E-state index contributed by atoms with van der Waals surface area (Å²) in [6.07, 6.45) is 0. The molecule has 0 bridgehead atoms. The average molecular weight is 959 g/mol. The van der Waals surface area contributed by atoms with Crippen molar-refractivity contribution in [1.82, 2.24) is 4.57 Å². The number of thiophene rings is 1. The molecule has 346 valence electrons. The van der Waals surface area contributed by atoms with Crippen molar-refractivity contribution >= 4 is 81.1 Å². The van der Waals surface area contributed by atoms with Crippen LogP contribution < -0.4 is 4.90 Å². The summed E-state index contributed by atoms with van der Waals surface area (Å²) in [6.45, 7) is 0. The van der Waals surface area contributed by atoms with Crippen LogP contribution in [0.25, 0.3) is 91.8 Å². The van der Waals surface area contributed by atoms with Crippen LogP contribution >= 0.6 is 11.3 Å². The first-order chi connectivity index (χ1) is 36.7. The van der Waals surface area contributed by atoms with Gasteiger partial charge in [0.1, 0.15) is 0 Å². The van der Waals surface area contributed by atoms with E-state index in [1.807, 2.05) is 11.3 Å². The van der Waals surface area contributed by atoms with Crippen molar-refractivity contribution in [2.75, 3.05) is 4.90 Å². The second-order valence-corrected chi connectivity index (χ2v) is 20.6. The Kier molecular flexibility index (Phi) is 9.70. The van der Waals surface area contributed by atoms with E-state index in [2.05, 4.69) is 289 Å². The third-order valence-electron chi connectivity index (χ3n) is 15.7. The quantitative estimate of drug-likeness (QED) is 0.147. The lowest BCUT2D eigenvalue weighted by molar-refractivity contribution is 0.768. The SMILES string of the molecule is c1ccc(C2(c3ccc(N(c4ccc(-c5ccc(-n6c7ccccc7c7ccccc76)cc5)cc4)c4ccc(-c5cccc6c5sc5ccccc56)c5ccccc45)cc3)c3ccccc3-c3ccccc32)cc1. The Balaban J connectivity index is 0.878. The minimum absolute atomic E-state index is 0.488. The maximum Gasteiger partial charge on any atom is 0.0713 e. The number of nitrogens with zero attached hydrogens (tertiary/aromatic N) is 2. The molecule has 74 heavy (non-hydrogen) atoms. The van der Waals surface area contributed by atoms with E-state index in [-0.39, 0.29) is 0 Å². The third-order valence-corrected chi connectivity index (χ3v) is 16.9. The number of hydrogen-bond donors (Lipinski definition) is 0. The van der Waals surface area contributed by atoms with Gasteiger partial charge in [-0.15, -0.1) is 11.3 Å². The lowest BCUT2D eigenvalue weighted by Crippen LogP contribution is -2.28. The number of hydrogen-bond acceptors (Lipinski definition) is 2. The molecule has 3 heteroatoms. The number of anilines is 3. The molecular formula is C71H46N2S. The van der Waals surface area contributed by atoms with Gasteiger partial charge >= 0.3 is 0 Å². The number of fused-ring (bicyclic) bond motifs is 10. The Labute approximate surface area is 433 Å². The zero-order valence-electron chi connectivity index (χ0n) is 40.4. The fourth-order valence-electron chi connectivity index (χ4n) is 12.5. The summed E-state index contributed by atoms with van der Waals surface area (Å²) in [5, 5.41) is 7.56. The highest BCUT2D eigenvalue weighted by Gasteiger charge is 2.45. The van der Waals surface area contributed by atoms with Gasteiger partial charge in [-0.05, 0) is 116 Å². The van der Waals surface area contributed by atoms with Crippen LogP contribution in [0.4, 0.5) is 17.1 Å². The Morgan fingerprint density at radius 3 is 1.46 bits per heavy atom. The molecule has 0 radical (unpaired) electrons. The van der Waals surface area contributed by atoms with E-state index >= 15 is 0 Å². The minimum Gasteiger partial charge on any atom is -0.310 e. The number of para-hydroxylation sites is 2. The molecule has 2 nitrogen and oxygen atoms in total. The van der Waals surface area contributed by atoms with Crippen molar-refractivity contribution in [1.29, 1.82) is 0 Å². The number of rotatable bonds is 8. The monoisotopic (exact) mass is 958 g/mol. The van der Waals surface area contributed by atoms with Gasteiger partial charge in [-0.25, -0.2) is 0 Å². The summed E-state index contributed by atoms with van der Waals surface area (Å²) in [6, 6.07) is 103. The van der Waals surface area contributed by atoms with Crippen LogP contribution in [0.3, 0.4) is 0 Å². The zero-order valence-corrected chi connectivity index (χ0v) is 41.2. The van der Waals surface area contributed by atoms with Crippen LogP contribution in [0.15, 0.2) is 279 Å². The Morgan fingerprint density at radius 2 is 0.797 bits per heavy atom. The van der Waals surface area contributed by atoms with E-state index in [1.54, 1.807) is 0 Å². The molecule has 0 fully saturated rings. The lowest BCUT2D eigenvalue weighted by Gasteiger charge is -2.34. The van der Waals surface area contributed by atoms with Crippen LogP contribution in [0.1, 0.15) is 22.3 Å². The first-order valence-corrected chi connectivity index (χ1v) is 26.3. The predicted octanol–water partition coefficient (Wildman–Crippen LogP) is 19.5. The van der Waals surface area contributed by atoms with E-state index in [1.165, 1.54) is 103 Å². The molecule has 2 heterocycles. The summed E-state index contributed by atoms with van der Waals surface area (Å²) in [7, 11) is 0. The van der Waals surface area contributed by atoms with Crippen molar-refractivity contribution in [2.45, 2.75) is 5.41 Å². The summed E-state index contributed by atoms with van der Waals surface area (Å²) >= 11 is 1.89. The molecule has 0 unspecified atom stereocenters. The molecule has 1 aliphatic rings. The van der Waals surface area contributed by atoms with Crippen LogP contribution in [-0.4, -0.2) is 4.57 Å². The van der Waals surface area contributed by atoms with Crippen LogP contribution in [0.2, 0.25) is 0 Å². The second-order valence-electron chi connectivity index (χ2n) is 19.5. The molecular weight excluding hydrogens is 913 g/mol. The third kappa shape index (κ3) is 6.37. The van der Waals surface area contributed by atoms with Gasteiger partial charge in [0, 0.05) is 59.0 Å². The molecule has 1 aliphatic carbocycles. The molecule has 0 atom stereocenters. The maximum atomic E-state index is 2.46. The van der Waals surface area contributed by atoms with Gasteiger partial charge in [0.15, 0.2) is 0 Å². The number of benzene rings is 12. The molecule has 0 amide bonds. The standard InChI is InChI=1S/C71H46N2S/c1-2-17-49(18-3-1)71(64-28-11-6-20-56(64)57-21-7-12-29-65(57)71)50-37-43-52(44-38-50)72(68-46-45-55(54-19-4-5-22-58(54)68)62-26-16-27-63-61-25-10-15-32-69(61)74-70(62)63)51-39-33-47(34-40-51)48-35-41-53(42-36-48)73-66-30-13-8-23-59(66)60-24-9-14-31-67(60)73/h1-46H. The fourth-order valence-corrected chi connectivity index (χ4v) is 13.7. The molecule has 14 aromatic rings. The smallest absolute Gasteiger partial charge is 0.0713 e. The van der Waals surface area contributed by atoms with Crippen molar-refractivity contribution in [2.24, 2.45) is 0 Å². The Bertz CT molecular complexity index is 4370. The summed E-state index contributed by atoms with van der Waals surface area (Å²) in [5.74, 6) is 0. The average Bonchev–Trinajstić information content (AvgIpc) is 4.13. The van der Waals surface area contributed by atoms with Gasteiger partial charge in [0.25, 0.3) is 0 Å². The highest BCUT2D eigenvalue weighted by Crippen LogP contribution is 2.56. The first kappa shape index (κ1) is 42.4. The molecule has 0 spiro atoms. The van der Waals surface area contributed by atoms with Crippen molar-refractivity contribution in [3.63, 3.8) is 0 Å². The van der Waals surface area contributed by atoms with E-state index in [9.17, 15) is 0 Å². The lowest BCUT2D eigenvalue weighted by atomic mass is 9.68. The number of aromatic nitrogens is 1. The molecule has 12 aromatic carbocycles. The van der Waals surface area contributed by atoms with Gasteiger partial charge in [-0.1, -0.05) is 218 Å². The largest absolute Gasteiger partial charge is 0.310 e. The van der Waals surface area contributed by atoms with E-state index in [4.69, 9.17) is 0 Å². The molecule has 0 N–H and O–H groups in total. The van der Waals surface area contributed by atoms with E-state index < -0.39 is 5.41 Å². The first-order valence-electron chi connectivity index (χ1n) is 25.5. The predicted molar refractivity (Wildman–Crippen MR) is 314 cm³/mol. The van der Waals surface area contributed by atoms with E-state index in [0.29, 0.717) is 0 Å². The van der Waals surface area contributed by atoms with Crippen LogP contribution in [-0.2, 0) is 5.41 Å². The van der Waals surface area contributed by atoms with Gasteiger partial charge in [-0.2, -0.15) is 0 Å². The summed E-state index contributed by atoms with van der Waals surface area (Å²) in [5.41, 5.74) is 18.9. The van der Waals surface area contributed by atoms with Crippen LogP contribution in [0.5, 0.6) is 0 Å². The van der Waals surface area contributed by atoms with Crippen molar-refractivity contribution < 1.29 is 0 Å². The Morgan fingerprint density at radius 1 is 0.311 bits per heavy atom. The van der Waals surface area contributed by atoms with Gasteiger partial charge in [0.05, 0.1) is 22.1 Å². The van der Waals surface area contributed by atoms with E-state index in [0.717, 1.165) is 28.3 Å². The Hall–Kier alpha value is -9.28. The van der Waals surface area contributed by atoms with Gasteiger partial charge < -0.3 is 9.47 Å². The highest BCUT2D eigenvalue weighted by molar-refractivity contribution is 7.26. The van der Waals surface area contributed by atoms with Gasteiger partial charge in [-0.3, -0.25) is 0 Å². The minimum atomic E-state index is -0.488. The van der Waals surface area contributed by atoms with Gasteiger partial charge in [0.2, 0.25) is 0 Å². The summed E-state index contributed by atoms with van der Waals surface area (Å²) in [4.78, 5) is 2.46. The second kappa shape index (κ2) is 16.9. The molecule has 0 saturated carbocycles. The topological polar surface area (TPSA) is 8.17 Å². The molecule has 15 rings (SSSR count). The van der Waals surface area contributed by atoms with Crippen molar-refractivity contribution in [3.8, 4) is 39.1 Å². The van der Waals surface area contributed by atoms with Crippen LogP contribution in [0, 0.1) is 0 Å². The molecule has 0 saturated heterocycles. The molecule has 2 aromatic heterocycles. The highest BCUT2D eigenvalue weighted by atomic mass is 32.1. The fraction of sp³-hybridized carbons (Fsp3) is 0.0141. The normalized spacial score (nSPS) is 12.7. The molecule has 0 aliphatic heterocycles.